The van der Waals surface area contributed by atoms with E-state index in [2.05, 4.69) is 17.2 Å². The lowest BCUT2D eigenvalue weighted by Crippen LogP contribution is -2.45. The average Bonchev–Trinajstić information content (AvgIpc) is 2.90. The molecule has 2 rings (SSSR count). The van der Waals surface area contributed by atoms with Crippen LogP contribution in [0, 0.1) is 11.8 Å². The number of hydrogen-bond donors (Lipinski definition) is 3. The van der Waals surface area contributed by atoms with Gasteiger partial charge in [-0.15, -0.1) is 0 Å². The van der Waals surface area contributed by atoms with Gasteiger partial charge in [-0.1, -0.05) is 12.0 Å². The number of hydroxylamine groups is 2. The van der Waals surface area contributed by atoms with Gasteiger partial charge in [0.2, 0.25) is 0 Å². The fourth-order valence-corrected chi connectivity index (χ4v) is 2.02. The van der Waals surface area contributed by atoms with Crippen LogP contribution in [0.4, 0.5) is 4.79 Å². The number of urea groups is 1. The first-order chi connectivity index (χ1) is 10.8. The first-order valence-corrected chi connectivity index (χ1v) is 7.00. The molecule has 0 saturated carbocycles. The van der Waals surface area contributed by atoms with E-state index in [4.69, 9.17) is 14.9 Å². The fourth-order valence-electron chi connectivity index (χ4n) is 2.02. The van der Waals surface area contributed by atoms with Crippen LogP contribution >= 0.6 is 0 Å². The van der Waals surface area contributed by atoms with E-state index in [-0.39, 0.29) is 0 Å². The molecule has 0 radical (unpaired) electrons. The van der Waals surface area contributed by atoms with Crippen LogP contribution in [-0.2, 0) is 0 Å². The first-order valence-electron chi connectivity index (χ1n) is 7.00. The molecule has 2 amide bonds. The molecule has 122 valence electrons. The Morgan fingerprint density at radius 2 is 2.35 bits per heavy atom. The molecule has 1 aromatic heterocycles. The quantitative estimate of drug-likeness (QED) is 0.449. The summed E-state index contributed by atoms with van der Waals surface area (Å²) in [5.41, 5.74) is 5.26. The number of nitrogens with two attached hydrogens (primary N) is 1. The molecule has 23 heavy (non-hydrogen) atoms. The Balaban J connectivity index is 2.03. The zero-order valence-electron chi connectivity index (χ0n) is 13.2. The Kier molecular flexibility index (Phi) is 4.67. The second-order valence-electron chi connectivity index (χ2n) is 5.32. The number of furan rings is 1. The Bertz CT molecular complexity index is 710. The van der Waals surface area contributed by atoms with Gasteiger partial charge in [0.1, 0.15) is 12.3 Å². The maximum Gasteiger partial charge on any atom is 0.339 e. The summed E-state index contributed by atoms with van der Waals surface area (Å²) in [5.74, 6) is 6.21. The summed E-state index contributed by atoms with van der Waals surface area (Å²) in [5, 5.41) is 12.9. The molecule has 0 aromatic carbocycles. The van der Waals surface area contributed by atoms with E-state index in [9.17, 15) is 10.0 Å². The molecule has 7 heteroatoms. The second kappa shape index (κ2) is 6.50. The number of amides is 2. The summed E-state index contributed by atoms with van der Waals surface area (Å²) in [7, 11) is 0. The van der Waals surface area contributed by atoms with Crippen LogP contribution < -0.4 is 15.8 Å². The van der Waals surface area contributed by atoms with Crippen molar-refractivity contribution < 1.29 is 19.2 Å². The average molecular weight is 317 g/mol. The van der Waals surface area contributed by atoms with E-state index in [1.165, 1.54) is 13.2 Å². The maximum absolute atomic E-state index is 10.8. The number of carbonyl (C=O) groups excluding carboxylic acids is 1. The van der Waals surface area contributed by atoms with Crippen molar-refractivity contribution in [3.63, 3.8) is 0 Å². The van der Waals surface area contributed by atoms with Crippen LogP contribution in [0.5, 0.6) is 5.75 Å². The van der Waals surface area contributed by atoms with Gasteiger partial charge in [-0.2, -0.15) is 5.06 Å². The highest BCUT2D eigenvalue weighted by atomic mass is 16.5. The Morgan fingerprint density at radius 3 is 3.00 bits per heavy atom. The van der Waals surface area contributed by atoms with E-state index in [0.29, 0.717) is 16.6 Å². The molecule has 4 N–H and O–H groups in total. The van der Waals surface area contributed by atoms with Gasteiger partial charge in [-0.05, 0) is 38.8 Å². The maximum atomic E-state index is 10.8. The molecular weight excluding hydrogens is 298 g/mol. The number of nitrogens with one attached hydrogen (secondary N) is 1. The SMILES string of the molecule is CC1=CC=CC(C)(Oc2coc(C#CC(C)N(O)C(N)=O)c2)N1. The van der Waals surface area contributed by atoms with Crippen LogP contribution in [-0.4, -0.2) is 28.1 Å². The molecule has 7 nitrogen and oxygen atoms in total. The van der Waals surface area contributed by atoms with Crippen LogP contribution in [0.1, 0.15) is 26.5 Å². The Labute approximate surface area is 134 Å². The standard InChI is InChI=1S/C16H19N3O4/c1-11-5-4-8-16(3,18-11)23-14-9-13(22-10-14)7-6-12(2)19(21)15(17)20/h4-5,8-10,12,18,21H,1-3H3,(H2,17,20). The van der Waals surface area contributed by atoms with Crippen molar-refractivity contribution in [3.05, 3.63) is 42.0 Å². The van der Waals surface area contributed by atoms with Crippen molar-refractivity contribution in [1.82, 2.24) is 10.4 Å². The number of primary amides is 1. The highest BCUT2D eigenvalue weighted by Gasteiger charge is 2.25. The number of hydrogen-bond acceptors (Lipinski definition) is 5. The Hall–Kier alpha value is -2.85. The van der Waals surface area contributed by atoms with Gasteiger partial charge in [0, 0.05) is 11.8 Å². The summed E-state index contributed by atoms with van der Waals surface area (Å²) < 4.78 is 11.1. The lowest BCUT2D eigenvalue weighted by atomic mass is 10.1. The number of allylic oxidation sites excluding steroid dienone is 3. The lowest BCUT2D eigenvalue weighted by molar-refractivity contribution is -0.0536. The third kappa shape index (κ3) is 4.31. The molecule has 2 heterocycles. The van der Waals surface area contributed by atoms with Crippen molar-refractivity contribution in [2.75, 3.05) is 0 Å². The third-order valence-electron chi connectivity index (χ3n) is 3.11. The van der Waals surface area contributed by atoms with E-state index in [1.54, 1.807) is 6.07 Å². The minimum Gasteiger partial charge on any atom is -0.461 e. The predicted molar refractivity (Wildman–Crippen MR) is 83.3 cm³/mol. The number of rotatable bonds is 3. The first kappa shape index (κ1) is 16.5. The van der Waals surface area contributed by atoms with Gasteiger partial charge in [-0.3, -0.25) is 5.21 Å². The second-order valence-corrected chi connectivity index (χ2v) is 5.32. The normalized spacial score (nSPS) is 20.6. The van der Waals surface area contributed by atoms with Crippen molar-refractivity contribution in [2.45, 2.75) is 32.5 Å². The van der Waals surface area contributed by atoms with E-state index < -0.39 is 17.8 Å². The van der Waals surface area contributed by atoms with Gasteiger partial charge in [-0.25, -0.2) is 4.79 Å². The summed E-state index contributed by atoms with van der Waals surface area (Å²) in [6.45, 7) is 5.36. The highest BCUT2D eigenvalue weighted by molar-refractivity contribution is 5.71. The van der Waals surface area contributed by atoms with Gasteiger partial charge in [0.15, 0.2) is 17.2 Å². The van der Waals surface area contributed by atoms with Gasteiger partial charge in [0.05, 0.1) is 0 Å². The van der Waals surface area contributed by atoms with E-state index >= 15 is 0 Å². The van der Waals surface area contributed by atoms with Crippen LogP contribution in [0.2, 0.25) is 0 Å². The number of ether oxygens (including phenoxy) is 1. The molecule has 0 bridgehead atoms. The molecule has 1 aliphatic heterocycles. The molecule has 0 fully saturated rings. The lowest BCUT2D eigenvalue weighted by Gasteiger charge is -2.31. The molecule has 2 unspecified atom stereocenters. The van der Waals surface area contributed by atoms with Crippen molar-refractivity contribution in [2.24, 2.45) is 5.73 Å². The zero-order chi connectivity index (χ0) is 17.0. The smallest absolute Gasteiger partial charge is 0.339 e. The molecule has 1 aromatic rings. The number of carbonyl (C=O) groups is 1. The highest BCUT2D eigenvalue weighted by Crippen LogP contribution is 2.23. The fraction of sp³-hybridized carbons (Fsp3) is 0.312. The van der Waals surface area contributed by atoms with Gasteiger partial charge >= 0.3 is 6.03 Å². The molecule has 0 aliphatic carbocycles. The van der Waals surface area contributed by atoms with Crippen molar-refractivity contribution in [1.29, 1.82) is 0 Å². The molecule has 0 saturated heterocycles. The van der Waals surface area contributed by atoms with Gasteiger partial charge < -0.3 is 20.2 Å². The van der Waals surface area contributed by atoms with Crippen LogP contribution in [0.3, 0.4) is 0 Å². The molecule has 2 atom stereocenters. The van der Waals surface area contributed by atoms with Crippen molar-refractivity contribution >= 4 is 6.03 Å². The minimum absolute atomic E-state index is 0.347. The predicted octanol–water partition coefficient (Wildman–Crippen LogP) is 1.95. The summed E-state index contributed by atoms with van der Waals surface area (Å²) in [6, 6.07) is -0.0999. The Morgan fingerprint density at radius 1 is 1.61 bits per heavy atom. The minimum atomic E-state index is -0.971. The summed E-state index contributed by atoms with van der Waals surface area (Å²) in [4.78, 5) is 10.8. The molecule has 1 aliphatic rings. The molecular formula is C16H19N3O4. The summed E-state index contributed by atoms with van der Waals surface area (Å²) in [6.07, 6.45) is 7.18. The summed E-state index contributed by atoms with van der Waals surface area (Å²) >= 11 is 0. The number of dihydropyridines is 1. The monoisotopic (exact) mass is 317 g/mol. The molecule has 0 spiro atoms. The van der Waals surface area contributed by atoms with Gasteiger partial charge in [0.25, 0.3) is 0 Å². The zero-order valence-corrected chi connectivity index (χ0v) is 13.2. The van der Waals surface area contributed by atoms with E-state index in [0.717, 1.165) is 5.70 Å². The largest absolute Gasteiger partial charge is 0.461 e. The number of nitrogens with zero attached hydrogens (tertiary/aromatic N) is 1. The van der Waals surface area contributed by atoms with Crippen LogP contribution in [0.25, 0.3) is 0 Å². The van der Waals surface area contributed by atoms with Crippen LogP contribution in [0.15, 0.2) is 40.7 Å². The van der Waals surface area contributed by atoms with E-state index in [1.807, 2.05) is 32.1 Å². The topological polar surface area (TPSA) is 101 Å². The van der Waals surface area contributed by atoms with Crippen molar-refractivity contribution in [3.8, 4) is 17.6 Å². The third-order valence-corrected chi connectivity index (χ3v) is 3.11.